The smallest absolute Gasteiger partial charge is 0.163 e. The molecule has 0 radical (unpaired) electrons. The highest BCUT2D eigenvalue weighted by molar-refractivity contribution is 4.96. The van der Waals surface area contributed by atoms with Gasteiger partial charge in [0.1, 0.15) is 0 Å². The molecule has 0 amide bonds. The summed E-state index contributed by atoms with van der Waals surface area (Å²) >= 11 is 0. The van der Waals surface area contributed by atoms with Crippen molar-refractivity contribution in [3.8, 4) is 12.3 Å². The molecule has 0 bridgehead atoms. The van der Waals surface area contributed by atoms with E-state index in [-0.39, 0.29) is 12.0 Å². The minimum absolute atomic E-state index is 0.0648. The van der Waals surface area contributed by atoms with Crippen LogP contribution in [-0.2, 0) is 9.47 Å². The lowest BCUT2D eigenvalue weighted by Crippen LogP contribution is -2.24. The van der Waals surface area contributed by atoms with Crippen LogP contribution in [0.2, 0.25) is 0 Å². The third-order valence-corrected chi connectivity index (χ3v) is 1.85. The van der Waals surface area contributed by atoms with Crippen LogP contribution in [0.5, 0.6) is 0 Å². The number of ether oxygens (including phenoxy) is 2. The van der Waals surface area contributed by atoms with Gasteiger partial charge in [-0.1, -0.05) is 0 Å². The molecule has 2 atom stereocenters. The third kappa shape index (κ3) is 1.95. The van der Waals surface area contributed by atoms with Crippen LogP contribution >= 0.6 is 0 Å². The predicted molar refractivity (Wildman–Crippen MR) is 42.9 cm³/mol. The molecule has 2 heteroatoms. The molecule has 1 saturated heterocycles. The monoisotopic (exact) mass is 154 g/mol. The Labute approximate surface area is 67.9 Å². The molecule has 2 unspecified atom stereocenters. The zero-order chi connectivity index (χ0) is 8.48. The lowest BCUT2D eigenvalue weighted by Gasteiger charge is -2.18. The summed E-state index contributed by atoms with van der Waals surface area (Å²) in [5.74, 6) is 2.33. The van der Waals surface area contributed by atoms with Crippen LogP contribution in [0, 0.1) is 18.3 Å². The maximum Gasteiger partial charge on any atom is 0.163 e. The van der Waals surface area contributed by atoms with Crippen molar-refractivity contribution in [2.45, 2.75) is 32.7 Å². The molecule has 0 aliphatic carbocycles. The summed E-state index contributed by atoms with van der Waals surface area (Å²) in [7, 11) is 0. The summed E-state index contributed by atoms with van der Waals surface area (Å²) in [6, 6.07) is 0. The summed E-state index contributed by atoms with van der Waals surface area (Å²) in [6.07, 6.45) is 5.32. The van der Waals surface area contributed by atoms with E-state index in [1.165, 1.54) is 0 Å². The third-order valence-electron chi connectivity index (χ3n) is 1.85. The molecule has 1 heterocycles. The molecule has 0 aromatic rings. The van der Waals surface area contributed by atoms with Gasteiger partial charge in [-0.2, -0.15) is 0 Å². The van der Waals surface area contributed by atoms with Gasteiger partial charge >= 0.3 is 0 Å². The van der Waals surface area contributed by atoms with Crippen molar-refractivity contribution in [2.24, 2.45) is 5.92 Å². The zero-order valence-corrected chi connectivity index (χ0v) is 7.26. The molecule has 0 N–H and O–H groups in total. The molecule has 1 rings (SSSR count). The van der Waals surface area contributed by atoms with Crippen LogP contribution in [0.4, 0.5) is 0 Å². The van der Waals surface area contributed by atoms with E-state index in [1.54, 1.807) is 0 Å². The minimum Gasteiger partial charge on any atom is -0.348 e. The van der Waals surface area contributed by atoms with Crippen molar-refractivity contribution in [1.29, 1.82) is 0 Å². The van der Waals surface area contributed by atoms with E-state index in [1.807, 2.05) is 20.8 Å². The van der Waals surface area contributed by atoms with Gasteiger partial charge in [0.2, 0.25) is 0 Å². The van der Waals surface area contributed by atoms with Gasteiger partial charge in [0.15, 0.2) is 5.79 Å². The lowest BCUT2D eigenvalue weighted by molar-refractivity contribution is -0.141. The van der Waals surface area contributed by atoms with Gasteiger partial charge in [0.05, 0.1) is 12.7 Å². The second-order valence-corrected chi connectivity index (χ2v) is 3.32. The van der Waals surface area contributed by atoms with Gasteiger partial charge in [-0.25, -0.2) is 0 Å². The van der Waals surface area contributed by atoms with Crippen LogP contribution in [0.3, 0.4) is 0 Å². The zero-order valence-electron chi connectivity index (χ0n) is 7.26. The first-order chi connectivity index (χ1) is 5.05. The highest BCUT2D eigenvalue weighted by Crippen LogP contribution is 2.25. The quantitative estimate of drug-likeness (QED) is 0.532. The Morgan fingerprint density at radius 2 is 2.27 bits per heavy atom. The highest BCUT2D eigenvalue weighted by atomic mass is 16.7. The van der Waals surface area contributed by atoms with Crippen LogP contribution in [0.1, 0.15) is 20.8 Å². The molecule has 0 aromatic heterocycles. The Hall–Kier alpha value is -0.520. The van der Waals surface area contributed by atoms with Crippen LogP contribution < -0.4 is 0 Å². The second-order valence-electron chi connectivity index (χ2n) is 3.32. The van der Waals surface area contributed by atoms with Crippen LogP contribution in [0.15, 0.2) is 0 Å². The predicted octanol–water partition coefficient (Wildman–Crippen LogP) is 1.41. The average molecular weight is 154 g/mol. The molecule has 0 aromatic carbocycles. The number of hydrogen-bond donors (Lipinski definition) is 0. The SMILES string of the molecule is C#CC(C)C1COC(C)(C)O1. The van der Waals surface area contributed by atoms with E-state index in [0.29, 0.717) is 6.61 Å². The van der Waals surface area contributed by atoms with Crippen molar-refractivity contribution < 1.29 is 9.47 Å². The van der Waals surface area contributed by atoms with Crippen molar-refractivity contribution in [2.75, 3.05) is 6.61 Å². The van der Waals surface area contributed by atoms with Crippen molar-refractivity contribution in [3.63, 3.8) is 0 Å². The maximum atomic E-state index is 5.54. The van der Waals surface area contributed by atoms with E-state index in [2.05, 4.69) is 5.92 Å². The molecule has 1 fully saturated rings. The molecular formula is C9H14O2. The minimum atomic E-state index is -0.449. The Bertz CT molecular complexity index is 178. The fraction of sp³-hybridized carbons (Fsp3) is 0.778. The summed E-state index contributed by atoms with van der Waals surface area (Å²) in [5.41, 5.74) is 0. The van der Waals surface area contributed by atoms with Gasteiger partial charge in [0.25, 0.3) is 0 Å². The highest BCUT2D eigenvalue weighted by Gasteiger charge is 2.34. The van der Waals surface area contributed by atoms with Crippen molar-refractivity contribution in [1.82, 2.24) is 0 Å². The standard InChI is InChI=1S/C9H14O2/c1-5-7(2)8-6-10-9(3,4)11-8/h1,7-8H,6H2,2-4H3. The topological polar surface area (TPSA) is 18.5 Å². The first-order valence-electron chi connectivity index (χ1n) is 3.83. The van der Waals surface area contributed by atoms with E-state index < -0.39 is 5.79 Å². The fourth-order valence-electron chi connectivity index (χ4n) is 1.07. The summed E-state index contributed by atoms with van der Waals surface area (Å²) in [6.45, 7) is 6.38. The Kier molecular flexibility index (Phi) is 2.22. The summed E-state index contributed by atoms with van der Waals surface area (Å²) in [4.78, 5) is 0. The second kappa shape index (κ2) is 2.84. The Morgan fingerprint density at radius 3 is 2.64 bits per heavy atom. The van der Waals surface area contributed by atoms with Gasteiger partial charge in [-0.05, 0) is 20.8 Å². The fourth-order valence-corrected chi connectivity index (χ4v) is 1.07. The maximum absolute atomic E-state index is 5.54. The normalized spacial score (nSPS) is 31.3. The molecule has 0 saturated carbocycles. The molecule has 1 aliphatic rings. The molecule has 2 nitrogen and oxygen atoms in total. The molecule has 1 aliphatic heterocycles. The number of rotatable bonds is 1. The number of hydrogen-bond acceptors (Lipinski definition) is 2. The largest absolute Gasteiger partial charge is 0.348 e. The lowest BCUT2D eigenvalue weighted by atomic mass is 10.1. The average Bonchev–Trinajstić information content (AvgIpc) is 2.29. The molecule has 11 heavy (non-hydrogen) atoms. The molecule has 62 valence electrons. The van der Waals surface area contributed by atoms with Crippen molar-refractivity contribution >= 4 is 0 Å². The van der Waals surface area contributed by atoms with Gasteiger partial charge in [-0.3, -0.25) is 0 Å². The van der Waals surface area contributed by atoms with Crippen LogP contribution in [-0.4, -0.2) is 18.5 Å². The number of terminal acetylenes is 1. The van der Waals surface area contributed by atoms with Crippen molar-refractivity contribution in [3.05, 3.63) is 0 Å². The van der Waals surface area contributed by atoms with Gasteiger partial charge in [0, 0.05) is 5.92 Å². The Balaban J connectivity index is 2.50. The van der Waals surface area contributed by atoms with E-state index >= 15 is 0 Å². The van der Waals surface area contributed by atoms with E-state index in [0.717, 1.165) is 0 Å². The van der Waals surface area contributed by atoms with Crippen LogP contribution in [0.25, 0.3) is 0 Å². The molecule has 0 spiro atoms. The van der Waals surface area contributed by atoms with E-state index in [4.69, 9.17) is 15.9 Å². The van der Waals surface area contributed by atoms with Gasteiger partial charge < -0.3 is 9.47 Å². The first kappa shape index (κ1) is 8.58. The first-order valence-corrected chi connectivity index (χ1v) is 3.83. The van der Waals surface area contributed by atoms with E-state index in [9.17, 15) is 0 Å². The summed E-state index contributed by atoms with van der Waals surface area (Å²) in [5, 5.41) is 0. The van der Waals surface area contributed by atoms with Gasteiger partial charge in [-0.15, -0.1) is 12.3 Å². The Morgan fingerprint density at radius 1 is 1.64 bits per heavy atom. The molecular weight excluding hydrogens is 140 g/mol. The summed E-state index contributed by atoms with van der Waals surface area (Å²) < 4.78 is 10.9.